The lowest BCUT2D eigenvalue weighted by Gasteiger charge is -2.36. The number of non-ortho nitro benzene ring substituents is 1. The van der Waals surface area contributed by atoms with E-state index in [9.17, 15) is 19.7 Å². The number of ether oxygens (including phenoxy) is 1. The summed E-state index contributed by atoms with van der Waals surface area (Å²) in [7, 11) is 0. The van der Waals surface area contributed by atoms with Crippen molar-refractivity contribution >= 4 is 35.1 Å². The van der Waals surface area contributed by atoms with Crippen LogP contribution in [0.2, 0.25) is 5.02 Å². The number of nitro benzene ring substituents is 1. The third-order valence-electron chi connectivity index (χ3n) is 6.71. The van der Waals surface area contributed by atoms with Gasteiger partial charge in [-0.05, 0) is 49.6 Å². The number of halogens is 1. The molecule has 10 nitrogen and oxygen atoms in total. The minimum Gasteiger partial charge on any atom is -0.490 e. The molecule has 0 saturated carbocycles. The van der Waals surface area contributed by atoms with Crippen LogP contribution < -0.4 is 10.1 Å². The molecule has 2 aromatic carbocycles. The highest BCUT2D eigenvalue weighted by molar-refractivity contribution is 6.30. The molecular weight excluding hydrogens is 522 g/mol. The lowest BCUT2D eigenvalue weighted by atomic mass is 9.94. The second kappa shape index (κ2) is 10.9. The maximum Gasteiger partial charge on any atom is 0.326 e. The Labute approximate surface area is 230 Å². The molecule has 3 aliphatic rings. The van der Waals surface area contributed by atoms with Gasteiger partial charge in [0.2, 0.25) is 5.91 Å². The highest BCUT2D eigenvalue weighted by Crippen LogP contribution is 2.41. The summed E-state index contributed by atoms with van der Waals surface area (Å²) in [5.74, 6) is 0.332. The standard InChI is InChI=1S/C28H28ClN5O5/c1-17(2)39-23-15-21(34(37)38)11-12-22(23)27-31-25(18-7-9-20(29)10-8-18)26(19-5-3-4-6-19)33(27)28(36)32-14-13-30-24(35)16-32/h3,5-12,15,17,25-26H,4,13-14,16H2,1-2H3,(H,30,35). The number of carbonyl (C=O) groups is 2. The molecule has 5 rings (SSSR count). The number of allylic oxidation sites excluding steroid dienone is 2. The Hall–Kier alpha value is -4.18. The van der Waals surface area contributed by atoms with Crippen LogP contribution >= 0.6 is 11.6 Å². The van der Waals surface area contributed by atoms with Crippen LogP contribution in [-0.4, -0.2) is 64.3 Å². The highest BCUT2D eigenvalue weighted by atomic mass is 35.5. The molecule has 1 saturated heterocycles. The minimum absolute atomic E-state index is 0.0779. The SMILES string of the molecule is CC(C)Oc1cc([N+](=O)[O-])ccc1C1=NC(c2ccc(Cl)cc2)C(C2=CCC=C2)N1C(=O)N1CCNC(=O)C1. The van der Waals surface area contributed by atoms with Crippen LogP contribution in [0.3, 0.4) is 0 Å². The number of aliphatic imine (C=N–C) groups is 1. The average Bonchev–Trinajstić information content (AvgIpc) is 3.56. The highest BCUT2D eigenvalue weighted by Gasteiger charge is 2.45. The zero-order valence-corrected chi connectivity index (χ0v) is 22.3. The van der Waals surface area contributed by atoms with Gasteiger partial charge in [0.25, 0.3) is 5.69 Å². The van der Waals surface area contributed by atoms with E-state index < -0.39 is 17.0 Å². The van der Waals surface area contributed by atoms with Crippen molar-refractivity contribution in [3.63, 3.8) is 0 Å². The number of rotatable bonds is 6. The fourth-order valence-electron chi connectivity index (χ4n) is 5.01. The van der Waals surface area contributed by atoms with Gasteiger partial charge in [-0.2, -0.15) is 0 Å². The van der Waals surface area contributed by atoms with Crippen molar-refractivity contribution < 1.29 is 19.2 Å². The number of amidine groups is 1. The van der Waals surface area contributed by atoms with E-state index in [4.69, 9.17) is 21.3 Å². The van der Waals surface area contributed by atoms with E-state index in [1.54, 1.807) is 23.1 Å². The maximum absolute atomic E-state index is 14.2. The fourth-order valence-corrected chi connectivity index (χ4v) is 5.13. The molecule has 2 unspecified atom stereocenters. The molecule has 0 bridgehead atoms. The van der Waals surface area contributed by atoms with Crippen molar-refractivity contribution in [3.8, 4) is 5.75 Å². The first kappa shape index (κ1) is 26.4. The molecule has 202 valence electrons. The molecule has 2 aliphatic heterocycles. The summed E-state index contributed by atoms with van der Waals surface area (Å²) >= 11 is 6.17. The van der Waals surface area contributed by atoms with Crippen molar-refractivity contribution in [2.45, 2.75) is 38.5 Å². The van der Waals surface area contributed by atoms with E-state index in [0.717, 1.165) is 17.6 Å². The van der Waals surface area contributed by atoms with Gasteiger partial charge >= 0.3 is 6.03 Å². The topological polar surface area (TPSA) is 117 Å². The number of hydrogen-bond donors (Lipinski definition) is 1. The van der Waals surface area contributed by atoms with E-state index in [1.807, 2.05) is 38.1 Å². The van der Waals surface area contributed by atoms with Crippen molar-refractivity contribution in [1.82, 2.24) is 15.1 Å². The summed E-state index contributed by atoms with van der Waals surface area (Å²) in [4.78, 5) is 45.7. The first-order valence-electron chi connectivity index (χ1n) is 12.7. The Balaban J connectivity index is 1.69. The second-order valence-electron chi connectivity index (χ2n) is 9.76. The van der Waals surface area contributed by atoms with Gasteiger partial charge in [0.1, 0.15) is 24.2 Å². The van der Waals surface area contributed by atoms with Gasteiger partial charge in [0.05, 0.1) is 28.7 Å². The summed E-state index contributed by atoms with van der Waals surface area (Å²) in [6.07, 6.45) is 6.49. The van der Waals surface area contributed by atoms with Gasteiger partial charge in [-0.25, -0.2) is 4.79 Å². The molecule has 1 aliphatic carbocycles. The largest absolute Gasteiger partial charge is 0.490 e. The molecule has 39 heavy (non-hydrogen) atoms. The van der Waals surface area contributed by atoms with Gasteiger partial charge < -0.3 is 15.0 Å². The summed E-state index contributed by atoms with van der Waals surface area (Å²) < 4.78 is 6.01. The molecule has 2 atom stereocenters. The fraction of sp³-hybridized carbons (Fsp3) is 0.321. The van der Waals surface area contributed by atoms with E-state index in [2.05, 4.69) is 11.4 Å². The molecule has 1 N–H and O–H groups in total. The zero-order valence-electron chi connectivity index (χ0n) is 21.5. The molecule has 0 aromatic heterocycles. The number of urea groups is 1. The number of nitro groups is 1. The van der Waals surface area contributed by atoms with Gasteiger partial charge in [-0.3, -0.25) is 24.8 Å². The molecule has 0 spiro atoms. The third-order valence-corrected chi connectivity index (χ3v) is 6.97. The number of amides is 3. The van der Waals surface area contributed by atoms with Gasteiger partial charge in [-0.15, -0.1) is 0 Å². The predicted molar refractivity (Wildman–Crippen MR) is 147 cm³/mol. The van der Waals surface area contributed by atoms with Gasteiger partial charge in [-0.1, -0.05) is 42.0 Å². The second-order valence-corrected chi connectivity index (χ2v) is 10.2. The number of nitrogens with zero attached hydrogens (tertiary/aromatic N) is 4. The van der Waals surface area contributed by atoms with Crippen LogP contribution in [0.25, 0.3) is 0 Å². The molecule has 2 aromatic rings. The van der Waals surface area contributed by atoms with Crippen LogP contribution in [0.5, 0.6) is 5.75 Å². The van der Waals surface area contributed by atoms with Crippen molar-refractivity contribution in [1.29, 1.82) is 0 Å². The normalized spacial score (nSPS) is 20.7. The number of carbonyl (C=O) groups excluding carboxylic acids is 2. The molecule has 3 amide bonds. The summed E-state index contributed by atoms with van der Waals surface area (Å²) in [6, 6.07) is 10.2. The van der Waals surface area contributed by atoms with Crippen LogP contribution in [0.15, 0.2) is 71.3 Å². The van der Waals surface area contributed by atoms with Crippen LogP contribution in [0, 0.1) is 10.1 Å². The number of hydrogen-bond acceptors (Lipinski definition) is 6. The molecule has 0 radical (unpaired) electrons. The Morgan fingerprint density at radius 2 is 2.00 bits per heavy atom. The Morgan fingerprint density at radius 1 is 1.23 bits per heavy atom. The van der Waals surface area contributed by atoms with E-state index in [1.165, 1.54) is 17.0 Å². The predicted octanol–water partition coefficient (Wildman–Crippen LogP) is 4.65. The van der Waals surface area contributed by atoms with Gasteiger partial charge in [0.15, 0.2) is 0 Å². The third kappa shape index (κ3) is 5.37. The quantitative estimate of drug-likeness (QED) is 0.416. The first-order valence-corrected chi connectivity index (χ1v) is 13.1. The average molecular weight is 550 g/mol. The van der Waals surface area contributed by atoms with Crippen LogP contribution in [0.4, 0.5) is 10.5 Å². The molecule has 11 heteroatoms. The number of benzene rings is 2. The minimum atomic E-state index is -0.514. The lowest BCUT2D eigenvalue weighted by Crippen LogP contribution is -2.56. The molecule has 1 fully saturated rings. The van der Waals surface area contributed by atoms with E-state index in [0.29, 0.717) is 29.5 Å². The summed E-state index contributed by atoms with van der Waals surface area (Å²) in [5, 5.41) is 14.9. The van der Waals surface area contributed by atoms with Gasteiger partial charge in [0, 0.05) is 24.2 Å². The van der Waals surface area contributed by atoms with E-state index in [-0.39, 0.29) is 36.0 Å². The summed E-state index contributed by atoms with van der Waals surface area (Å²) in [6.45, 7) is 4.25. The van der Waals surface area contributed by atoms with Crippen molar-refractivity contribution in [2.75, 3.05) is 19.6 Å². The molecule has 2 heterocycles. The zero-order chi connectivity index (χ0) is 27.7. The smallest absolute Gasteiger partial charge is 0.326 e. The van der Waals surface area contributed by atoms with Crippen molar-refractivity contribution in [3.05, 3.63) is 92.5 Å². The van der Waals surface area contributed by atoms with Crippen LogP contribution in [0.1, 0.15) is 37.4 Å². The van der Waals surface area contributed by atoms with Crippen LogP contribution in [-0.2, 0) is 4.79 Å². The Morgan fingerprint density at radius 3 is 2.64 bits per heavy atom. The Bertz CT molecular complexity index is 1400. The lowest BCUT2D eigenvalue weighted by molar-refractivity contribution is -0.384. The maximum atomic E-state index is 14.2. The number of piperazine rings is 1. The first-order chi connectivity index (χ1) is 18.7. The number of nitrogens with one attached hydrogen (secondary N) is 1. The van der Waals surface area contributed by atoms with E-state index >= 15 is 0 Å². The van der Waals surface area contributed by atoms with Crippen molar-refractivity contribution in [2.24, 2.45) is 4.99 Å². The monoisotopic (exact) mass is 549 g/mol. The Kier molecular flexibility index (Phi) is 7.38. The summed E-state index contributed by atoms with van der Waals surface area (Å²) in [5.41, 5.74) is 2.08. The molecular formula is C28H28ClN5O5.